The van der Waals surface area contributed by atoms with Crippen LogP contribution in [0.1, 0.15) is 71.4 Å². The molecule has 0 spiro atoms. The van der Waals surface area contributed by atoms with Crippen LogP contribution in [0.3, 0.4) is 0 Å². The second-order valence-electron chi connectivity index (χ2n) is 22.6. The van der Waals surface area contributed by atoms with E-state index >= 15 is 0 Å². The lowest BCUT2D eigenvalue weighted by atomic mass is 10.1. The molecule has 488 valence electrons. The number of rotatable bonds is 18. The number of fused-ring (bicyclic) bond motifs is 5. The number of hydrogen-bond acceptors (Lipinski definition) is 16. The summed E-state index contributed by atoms with van der Waals surface area (Å²) in [5.41, 5.74) is 6.02. The molecule has 2 aliphatic heterocycles. The molecule has 0 aliphatic carbocycles. The smallest absolute Gasteiger partial charge is 0.351 e. The number of Topliss-reactive ketones (excluding diaryl/α,β-unsaturated/α-hetero) is 1. The minimum absolute atomic E-state index is 0.00901. The fourth-order valence-electron chi connectivity index (χ4n) is 10.9. The van der Waals surface area contributed by atoms with Gasteiger partial charge in [0.15, 0.2) is 28.8 Å². The van der Waals surface area contributed by atoms with Crippen LogP contribution >= 0.6 is 23.2 Å². The van der Waals surface area contributed by atoms with Gasteiger partial charge in [-0.3, -0.25) is 4.79 Å². The molecule has 0 radical (unpaired) electrons. The van der Waals surface area contributed by atoms with E-state index in [9.17, 15) is 42.7 Å². The summed E-state index contributed by atoms with van der Waals surface area (Å²) in [7, 11) is 0. The average molecular weight is 1350 g/mol. The van der Waals surface area contributed by atoms with E-state index in [4.69, 9.17) is 60.5 Å². The lowest BCUT2D eigenvalue weighted by molar-refractivity contribution is 0.0681. The number of anilines is 3. The van der Waals surface area contributed by atoms with Gasteiger partial charge in [0.25, 0.3) is 0 Å². The molecule has 3 aromatic heterocycles. The zero-order chi connectivity index (χ0) is 67.9. The third kappa shape index (κ3) is 15.9. The molecule has 0 saturated heterocycles. The molecular weight excluding hydrogens is 1290 g/mol. The first-order valence-corrected chi connectivity index (χ1v) is 30.8. The molecule has 0 atom stereocenters. The zero-order valence-electron chi connectivity index (χ0n) is 51.3. The maximum absolute atomic E-state index is 13.3. The molecule has 22 heteroatoms. The van der Waals surface area contributed by atoms with Gasteiger partial charge < -0.3 is 57.1 Å². The second kappa shape index (κ2) is 28.9. The third-order valence-corrected chi connectivity index (χ3v) is 16.4. The quantitative estimate of drug-likeness (QED) is 0.0601. The molecule has 5 heterocycles. The highest BCUT2D eigenvalue weighted by Gasteiger charge is 2.22. The Hall–Kier alpha value is -11.7. The van der Waals surface area contributed by atoms with Crippen molar-refractivity contribution in [2.45, 2.75) is 46.2 Å². The Balaban J connectivity index is 0.000000139. The van der Waals surface area contributed by atoms with Crippen molar-refractivity contribution >= 4 is 90.9 Å². The summed E-state index contributed by atoms with van der Waals surface area (Å²) in [5.74, 6) is -0.828. The number of nitrogens with zero attached hydrogens (tertiary/aromatic N) is 3. The Morgan fingerprint density at radius 1 is 0.371 bits per heavy atom. The highest BCUT2D eigenvalue weighted by molar-refractivity contribution is 6.30. The summed E-state index contributed by atoms with van der Waals surface area (Å²) in [6.07, 6.45) is 0. The zero-order valence-corrected chi connectivity index (χ0v) is 52.9. The van der Waals surface area contributed by atoms with Gasteiger partial charge in [-0.2, -0.15) is 0 Å². The van der Waals surface area contributed by atoms with E-state index in [2.05, 4.69) is 9.80 Å². The molecule has 0 unspecified atom stereocenters. The average Bonchev–Trinajstić information content (AvgIpc) is 1.75. The molecule has 97 heavy (non-hydrogen) atoms. The number of carbonyl (C=O) groups is 3. The van der Waals surface area contributed by atoms with Crippen LogP contribution in [0.4, 0.5) is 25.8 Å². The second-order valence-corrected chi connectivity index (χ2v) is 23.5. The van der Waals surface area contributed by atoms with Gasteiger partial charge in [0.2, 0.25) is 13.6 Å². The molecule has 12 aromatic rings. The molecule has 0 saturated carbocycles. The summed E-state index contributed by atoms with van der Waals surface area (Å²) in [4.78, 5) is 76.7. The van der Waals surface area contributed by atoms with Crippen molar-refractivity contribution in [3.8, 4) is 23.0 Å². The number of halogens is 4. The topological polar surface area (TPSA) is 229 Å². The number of carboxylic acids is 2. The van der Waals surface area contributed by atoms with Crippen LogP contribution in [-0.2, 0) is 39.3 Å². The maximum Gasteiger partial charge on any atom is 0.351 e. The van der Waals surface area contributed by atoms with Crippen molar-refractivity contribution in [2.75, 3.05) is 28.3 Å². The van der Waals surface area contributed by atoms with Crippen LogP contribution in [0.2, 0.25) is 10.0 Å². The molecule has 18 nitrogen and oxygen atoms in total. The number of ketones is 1. The summed E-state index contributed by atoms with van der Waals surface area (Å²) in [6.45, 7) is 4.84. The van der Waals surface area contributed by atoms with E-state index in [1.807, 2.05) is 108 Å². The summed E-state index contributed by atoms with van der Waals surface area (Å²) >= 11 is 12.0. The highest BCUT2D eigenvalue weighted by Crippen LogP contribution is 2.37. The highest BCUT2D eigenvalue weighted by atomic mass is 35.5. The van der Waals surface area contributed by atoms with Crippen LogP contribution < -0.4 is 50.5 Å². The van der Waals surface area contributed by atoms with Crippen LogP contribution in [-0.4, -0.2) is 41.5 Å². The van der Waals surface area contributed by atoms with Crippen LogP contribution in [0.5, 0.6) is 23.0 Å². The fraction of sp³-hybridized carbons (Fsp3) is 0.120. The lowest BCUT2D eigenvalue weighted by Crippen LogP contribution is -2.22. The fourth-order valence-corrected chi connectivity index (χ4v) is 11.2. The van der Waals surface area contributed by atoms with E-state index in [0.29, 0.717) is 105 Å². The van der Waals surface area contributed by atoms with Gasteiger partial charge in [-0.25, -0.2) is 32.8 Å². The number of hydrogen-bond donors (Lipinski definition) is 2. The van der Waals surface area contributed by atoms with Crippen molar-refractivity contribution < 1.29 is 65.6 Å². The van der Waals surface area contributed by atoms with E-state index < -0.39 is 34.4 Å². The van der Waals surface area contributed by atoms with Crippen molar-refractivity contribution in [3.63, 3.8) is 0 Å². The molecule has 9 aromatic carbocycles. The minimum atomic E-state index is -1.32. The van der Waals surface area contributed by atoms with Crippen molar-refractivity contribution in [2.24, 2.45) is 0 Å². The lowest BCUT2D eigenvalue weighted by Gasteiger charge is -2.25. The summed E-state index contributed by atoms with van der Waals surface area (Å²) in [5, 5.41) is 21.4. The Morgan fingerprint density at radius 3 is 0.990 bits per heavy atom. The summed E-state index contributed by atoms with van der Waals surface area (Å²) in [6, 6.07) is 59.4. The minimum Gasteiger partial charge on any atom is -0.477 e. The first-order chi connectivity index (χ1) is 46.8. The van der Waals surface area contributed by atoms with Crippen LogP contribution in [0.25, 0.3) is 32.9 Å². The standard InChI is InChI=1S/C26H19NO8.C25H19F2NO3.C24H17Cl2NO4/c28-25(29)19-9-17-3-4-18(10-22(17)35-26(19)30)27(11-15-1-5-20-23(7-15)33-13-31-20)12-16-2-6-21-24(8-16)34-14-32-21;1-16(29)23-12-19-6-11-22(13-24(19)31-25(23)30)28(14-17-2-7-20(26)8-3-17)15-18-4-9-21(27)10-5-18;25-18-6-1-15(2-7-18)13-27(14-16-3-8-19(26)9-4-16)20-10-5-17-11-21(23(28)29)24(30)31-22(17)12-20/h1-10H,11-14H2,(H,28,29);2-13H,14-15H2,1H3;1-12H,13-14H2,(H,28,29). The van der Waals surface area contributed by atoms with Crippen molar-refractivity contribution in [3.05, 3.63) is 309 Å². The maximum atomic E-state index is 13.3. The molecular formula is C75H55Cl2F2N3O15. The predicted octanol–water partition coefficient (Wildman–Crippen LogP) is 15.6. The van der Waals surface area contributed by atoms with Crippen molar-refractivity contribution in [1.29, 1.82) is 0 Å². The monoisotopic (exact) mass is 1350 g/mol. The SMILES string of the molecule is CC(=O)c1cc2ccc(N(Cc3ccc(F)cc3)Cc3ccc(F)cc3)cc2oc1=O.O=C(O)c1cc2ccc(N(Cc3ccc(Cl)cc3)Cc3ccc(Cl)cc3)cc2oc1=O.O=C(O)c1cc2ccc(N(Cc3ccc4c(c3)OCO4)Cc3ccc4c(c3)OCO4)cc2oc1=O. The van der Waals surface area contributed by atoms with E-state index in [1.54, 1.807) is 60.7 Å². The van der Waals surface area contributed by atoms with Crippen LogP contribution in [0, 0.1) is 11.6 Å². The molecule has 0 fully saturated rings. The number of carbonyl (C=O) groups excluding carboxylic acids is 1. The largest absolute Gasteiger partial charge is 0.477 e. The molecule has 14 rings (SSSR count). The van der Waals surface area contributed by atoms with E-state index in [1.165, 1.54) is 49.4 Å². The van der Waals surface area contributed by atoms with Crippen molar-refractivity contribution in [1.82, 2.24) is 0 Å². The Morgan fingerprint density at radius 2 is 0.660 bits per heavy atom. The summed E-state index contributed by atoms with van der Waals surface area (Å²) < 4.78 is 64.5. The van der Waals surface area contributed by atoms with Gasteiger partial charge in [0.1, 0.15) is 45.1 Å². The van der Waals surface area contributed by atoms with Crippen LogP contribution in [0.15, 0.2) is 234 Å². The molecule has 0 bridgehead atoms. The van der Waals surface area contributed by atoms with Gasteiger partial charge >= 0.3 is 28.8 Å². The first kappa shape index (κ1) is 65.3. The van der Waals surface area contributed by atoms with Gasteiger partial charge in [-0.15, -0.1) is 0 Å². The van der Waals surface area contributed by atoms with E-state index in [0.717, 1.165) is 50.4 Å². The Kier molecular flexibility index (Phi) is 19.4. The first-order valence-electron chi connectivity index (χ1n) is 30.0. The van der Waals surface area contributed by atoms with Gasteiger partial charge in [-0.1, -0.05) is 83.9 Å². The Labute approximate surface area is 560 Å². The normalized spacial score (nSPS) is 11.8. The van der Waals surface area contributed by atoms with Gasteiger partial charge in [0.05, 0.1) is 0 Å². The van der Waals surface area contributed by atoms with Gasteiger partial charge in [0, 0.05) is 101 Å². The number of ether oxygens (including phenoxy) is 4. The molecule has 0 amide bonds. The third-order valence-electron chi connectivity index (χ3n) is 15.9. The number of benzene rings is 9. The Bertz CT molecular complexity index is 4780. The predicted molar refractivity (Wildman–Crippen MR) is 362 cm³/mol. The van der Waals surface area contributed by atoms with Gasteiger partial charge in [-0.05, 0) is 168 Å². The van der Waals surface area contributed by atoms with E-state index in [-0.39, 0.29) is 42.1 Å². The number of carboxylic acid groups (broad SMARTS) is 2. The number of aromatic carboxylic acids is 2. The molecule has 2 N–H and O–H groups in total. The molecule has 2 aliphatic rings.